The van der Waals surface area contributed by atoms with Crippen molar-refractivity contribution in [3.05, 3.63) is 35.6 Å². The highest BCUT2D eigenvalue weighted by Crippen LogP contribution is 2.22. The van der Waals surface area contributed by atoms with Crippen LogP contribution in [0.5, 0.6) is 0 Å². The Morgan fingerprint density at radius 1 is 1.35 bits per heavy atom. The van der Waals surface area contributed by atoms with E-state index in [1.165, 1.54) is 18.9 Å². The maximum atomic E-state index is 13.1. The largest absolute Gasteiger partial charge is 0.314 e. The fourth-order valence-electron chi connectivity index (χ4n) is 2.12. The second-order valence-corrected chi connectivity index (χ2v) is 5.52. The van der Waals surface area contributed by atoms with Crippen molar-refractivity contribution in [3.8, 4) is 0 Å². The van der Waals surface area contributed by atoms with Gasteiger partial charge in [0.2, 0.25) is 0 Å². The van der Waals surface area contributed by atoms with Gasteiger partial charge in [-0.2, -0.15) is 0 Å². The summed E-state index contributed by atoms with van der Waals surface area (Å²) in [6.45, 7) is 5.55. The third-order valence-corrected chi connectivity index (χ3v) is 3.58. The topological polar surface area (TPSA) is 12.0 Å². The Kier molecular flexibility index (Phi) is 4.16. The quantitative estimate of drug-likeness (QED) is 0.797. The van der Waals surface area contributed by atoms with E-state index in [-0.39, 0.29) is 5.82 Å². The van der Waals surface area contributed by atoms with Crippen LogP contribution in [0.15, 0.2) is 24.3 Å². The maximum absolute atomic E-state index is 13.1. The van der Waals surface area contributed by atoms with Gasteiger partial charge in [0.05, 0.1) is 0 Å². The van der Waals surface area contributed by atoms with Crippen LogP contribution in [0, 0.1) is 17.7 Å². The first-order chi connectivity index (χ1) is 8.15. The smallest absolute Gasteiger partial charge is 0.123 e. The zero-order valence-electron chi connectivity index (χ0n) is 10.7. The molecule has 0 aliphatic heterocycles. The summed E-state index contributed by atoms with van der Waals surface area (Å²) < 4.78 is 13.1. The summed E-state index contributed by atoms with van der Waals surface area (Å²) in [7, 11) is 0. The van der Waals surface area contributed by atoms with Gasteiger partial charge in [-0.3, -0.25) is 0 Å². The first kappa shape index (κ1) is 12.6. The molecule has 0 heterocycles. The van der Waals surface area contributed by atoms with Gasteiger partial charge >= 0.3 is 0 Å². The molecular formula is C15H22FN. The van der Waals surface area contributed by atoms with E-state index in [1.807, 2.05) is 6.07 Å². The normalized spacial score (nSPS) is 17.4. The molecule has 0 saturated heterocycles. The van der Waals surface area contributed by atoms with Crippen molar-refractivity contribution < 1.29 is 4.39 Å². The molecule has 0 aromatic heterocycles. The van der Waals surface area contributed by atoms with Gasteiger partial charge in [0.25, 0.3) is 0 Å². The van der Waals surface area contributed by atoms with Crippen LogP contribution in [0.3, 0.4) is 0 Å². The predicted octanol–water partition coefficient (Wildman–Crippen LogP) is 3.39. The van der Waals surface area contributed by atoms with Crippen LogP contribution >= 0.6 is 0 Å². The van der Waals surface area contributed by atoms with Gasteiger partial charge in [0.15, 0.2) is 0 Å². The molecule has 1 aromatic carbocycles. The third-order valence-electron chi connectivity index (χ3n) is 3.58. The minimum atomic E-state index is -0.125. The summed E-state index contributed by atoms with van der Waals surface area (Å²) in [6, 6.07) is 7.75. The predicted molar refractivity (Wildman–Crippen MR) is 69.5 cm³/mol. The number of hydrogen-bond donors (Lipinski definition) is 1. The molecule has 1 aliphatic carbocycles. The Hall–Kier alpha value is -0.890. The molecule has 1 atom stereocenters. The van der Waals surface area contributed by atoms with Gasteiger partial charge < -0.3 is 5.32 Å². The van der Waals surface area contributed by atoms with Gasteiger partial charge in [0.1, 0.15) is 5.82 Å². The summed E-state index contributed by atoms with van der Waals surface area (Å²) in [4.78, 5) is 0. The Morgan fingerprint density at radius 2 is 2.12 bits per heavy atom. The van der Waals surface area contributed by atoms with Crippen LogP contribution in [0.4, 0.5) is 4.39 Å². The highest BCUT2D eigenvalue weighted by atomic mass is 19.1. The molecule has 0 radical (unpaired) electrons. The van der Waals surface area contributed by atoms with Crippen molar-refractivity contribution in [1.82, 2.24) is 5.32 Å². The van der Waals surface area contributed by atoms with E-state index in [0.29, 0.717) is 11.8 Å². The lowest BCUT2D eigenvalue weighted by Gasteiger charge is -2.21. The second-order valence-electron chi connectivity index (χ2n) is 5.52. The molecule has 17 heavy (non-hydrogen) atoms. The van der Waals surface area contributed by atoms with Crippen molar-refractivity contribution in [1.29, 1.82) is 0 Å². The molecule has 1 fully saturated rings. The van der Waals surface area contributed by atoms with Crippen molar-refractivity contribution in [3.63, 3.8) is 0 Å². The third kappa shape index (κ3) is 4.12. The van der Waals surface area contributed by atoms with Gasteiger partial charge in [-0.05, 0) is 55.3 Å². The Bertz CT molecular complexity index is 358. The Morgan fingerprint density at radius 3 is 2.71 bits per heavy atom. The van der Waals surface area contributed by atoms with Crippen molar-refractivity contribution in [2.45, 2.75) is 39.2 Å². The fourth-order valence-corrected chi connectivity index (χ4v) is 2.12. The zero-order valence-corrected chi connectivity index (χ0v) is 10.7. The first-order valence-electron chi connectivity index (χ1n) is 6.63. The van der Waals surface area contributed by atoms with Crippen LogP contribution in [-0.4, -0.2) is 12.6 Å². The molecule has 2 heteroatoms. The lowest BCUT2D eigenvalue weighted by molar-refractivity contribution is 0.359. The number of hydrogen-bond acceptors (Lipinski definition) is 1. The van der Waals surface area contributed by atoms with Crippen LogP contribution in [0.2, 0.25) is 0 Å². The molecule has 1 aliphatic rings. The van der Waals surface area contributed by atoms with E-state index in [0.717, 1.165) is 24.6 Å². The molecule has 94 valence electrons. The monoisotopic (exact) mass is 235 g/mol. The van der Waals surface area contributed by atoms with Crippen molar-refractivity contribution in [2.75, 3.05) is 6.54 Å². The van der Waals surface area contributed by atoms with Gasteiger partial charge in [-0.1, -0.05) is 26.0 Å². The molecule has 0 bridgehead atoms. The lowest BCUT2D eigenvalue weighted by atomic mass is 9.89. The van der Waals surface area contributed by atoms with Gasteiger partial charge in [0, 0.05) is 6.04 Å². The van der Waals surface area contributed by atoms with E-state index in [2.05, 4.69) is 19.2 Å². The average Bonchev–Trinajstić information content (AvgIpc) is 3.07. The minimum Gasteiger partial charge on any atom is -0.314 e. The first-order valence-corrected chi connectivity index (χ1v) is 6.63. The summed E-state index contributed by atoms with van der Waals surface area (Å²) in [5.41, 5.74) is 1.11. The highest BCUT2D eigenvalue weighted by Gasteiger charge is 2.23. The standard InChI is InChI=1S/C15H22FN/c1-11(2)13(10-17-15-6-7-15)8-12-4-3-5-14(16)9-12/h3-5,9,11,13,15,17H,6-8,10H2,1-2H3. The van der Waals surface area contributed by atoms with Crippen LogP contribution < -0.4 is 5.32 Å². The Labute approximate surface area is 103 Å². The zero-order chi connectivity index (χ0) is 12.3. The summed E-state index contributed by atoms with van der Waals surface area (Å²) in [5.74, 6) is 1.10. The number of benzene rings is 1. The van der Waals surface area contributed by atoms with Crippen molar-refractivity contribution in [2.24, 2.45) is 11.8 Å². The molecule has 1 saturated carbocycles. The van der Waals surface area contributed by atoms with Crippen LogP contribution in [-0.2, 0) is 6.42 Å². The molecule has 0 amide bonds. The lowest BCUT2D eigenvalue weighted by Crippen LogP contribution is -2.29. The Balaban J connectivity index is 1.91. The molecule has 1 N–H and O–H groups in total. The summed E-state index contributed by atoms with van der Waals surface area (Å²) in [6.07, 6.45) is 3.62. The van der Waals surface area contributed by atoms with E-state index in [9.17, 15) is 4.39 Å². The van der Waals surface area contributed by atoms with Gasteiger partial charge in [-0.15, -0.1) is 0 Å². The minimum absolute atomic E-state index is 0.125. The van der Waals surface area contributed by atoms with Crippen LogP contribution in [0.25, 0.3) is 0 Å². The molecule has 0 spiro atoms. The molecule has 1 aromatic rings. The molecular weight excluding hydrogens is 213 g/mol. The average molecular weight is 235 g/mol. The number of nitrogens with one attached hydrogen (secondary N) is 1. The maximum Gasteiger partial charge on any atom is 0.123 e. The second kappa shape index (κ2) is 5.63. The molecule has 1 unspecified atom stereocenters. The van der Waals surface area contributed by atoms with Crippen molar-refractivity contribution >= 4 is 0 Å². The SMILES string of the molecule is CC(C)C(CNC1CC1)Cc1cccc(F)c1. The summed E-state index contributed by atoms with van der Waals surface area (Å²) >= 11 is 0. The highest BCUT2D eigenvalue weighted by molar-refractivity contribution is 5.17. The number of rotatable bonds is 6. The van der Waals surface area contributed by atoms with E-state index in [1.54, 1.807) is 12.1 Å². The van der Waals surface area contributed by atoms with E-state index < -0.39 is 0 Å². The fraction of sp³-hybridized carbons (Fsp3) is 0.600. The van der Waals surface area contributed by atoms with E-state index >= 15 is 0 Å². The van der Waals surface area contributed by atoms with E-state index in [4.69, 9.17) is 0 Å². The van der Waals surface area contributed by atoms with Crippen LogP contribution in [0.1, 0.15) is 32.3 Å². The number of halogens is 1. The summed E-state index contributed by atoms with van der Waals surface area (Å²) in [5, 5.41) is 3.58. The van der Waals surface area contributed by atoms with Gasteiger partial charge in [-0.25, -0.2) is 4.39 Å². The molecule has 2 rings (SSSR count). The molecule has 1 nitrogen and oxygen atoms in total.